The summed E-state index contributed by atoms with van der Waals surface area (Å²) in [5.41, 5.74) is 0.988. The zero-order valence-electron chi connectivity index (χ0n) is 12.8. The van der Waals surface area contributed by atoms with E-state index in [1.807, 2.05) is 50.3 Å². The molecule has 0 aromatic heterocycles. The van der Waals surface area contributed by atoms with E-state index in [1.165, 1.54) is 6.08 Å². The van der Waals surface area contributed by atoms with Crippen molar-refractivity contribution in [3.63, 3.8) is 0 Å². The maximum atomic E-state index is 11.8. The molecule has 0 aliphatic heterocycles. The summed E-state index contributed by atoms with van der Waals surface area (Å²) in [6, 6.07) is 9.71. The van der Waals surface area contributed by atoms with Gasteiger partial charge in [-0.25, -0.2) is 4.79 Å². The van der Waals surface area contributed by atoms with Crippen LogP contribution in [0.25, 0.3) is 6.08 Å². The van der Waals surface area contributed by atoms with E-state index in [4.69, 9.17) is 4.74 Å². The highest BCUT2D eigenvalue weighted by Gasteiger charge is 2.08. The monoisotopic (exact) mass is 272 g/mol. The summed E-state index contributed by atoms with van der Waals surface area (Å²) in [5, 5.41) is 0. The van der Waals surface area contributed by atoms with Crippen molar-refractivity contribution in [3.05, 3.63) is 53.8 Å². The van der Waals surface area contributed by atoms with Crippen LogP contribution in [0, 0.1) is 11.8 Å². The SMILES string of the molecule is CC(C)C/C=C(/OC(=O)/C=C/c1ccccc1)C(C)C. The fourth-order valence-electron chi connectivity index (χ4n) is 1.63. The van der Waals surface area contributed by atoms with Crippen molar-refractivity contribution in [1.29, 1.82) is 0 Å². The van der Waals surface area contributed by atoms with Gasteiger partial charge < -0.3 is 4.74 Å². The largest absolute Gasteiger partial charge is 0.428 e. The van der Waals surface area contributed by atoms with Gasteiger partial charge in [0.1, 0.15) is 5.76 Å². The van der Waals surface area contributed by atoms with Gasteiger partial charge in [0.05, 0.1) is 0 Å². The van der Waals surface area contributed by atoms with Gasteiger partial charge >= 0.3 is 5.97 Å². The zero-order valence-corrected chi connectivity index (χ0v) is 12.8. The molecule has 0 N–H and O–H groups in total. The van der Waals surface area contributed by atoms with Gasteiger partial charge in [0.2, 0.25) is 0 Å². The van der Waals surface area contributed by atoms with E-state index in [2.05, 4.69) is 13.8 Å². The van der Waals surface area contributed by atoms with Crippen LogP contribution in [0.4, 0.5) is 0 Å². The number of rotatable bonds is 6. The average Bonchev–Trinajstić information content (AvgIpc) is 2.41. The van der Waals surface area contributed by atoms with Crippen molar-refractivity contribution in [2.75, 3.05) is 0 Å². The van der Waals surface area contributed by atoms with E-state index >= 15 is 0 Å². The molecule has 0 radical (unpaired) electrons. The molecule has 0 saturated carbocycles. The smallest absolute Gasteiger partial charge is 0.335 e. The molecular formula is C18H24O2. The highest BCUT2D eigenvalue weighted by atomic mass is 16.5. The molecule has 1 aromatic rings. The number of ether oxygens (including phenoxy) is 1. The summed E-state index contributed by atoms with van der Waals surface area (Å²) in [6.45, 7) is 8.35. The number of benzene rings is 1. The Morgan fingerprint density at radius 1 is 1.15 bits per heavy atom. The molecule has 0 unspecified atom stereocenters. The third kappa shape index (κ3) is 6.37. The molecule has 1 rings (SSSR count). The van der Waals surface area contributed by atoms with E-state index < -0.39 is 0 Å². The molecule has 108 valence electrons. The third-order valence-electron chi connectivity index (χ3n) is 2.79. The Kier molecular flexibility index (Phi) is 6.78. The second kappa shape index (κ2) is 8.36. The summed E-state index contributed by atoms with van der Waals surface area (Å²) in [6.07, 6.45) is 6.18. The second-order valence-electron chi connectivity index (χ2n) is 5.56. The first-order valence-corrected chi connectivity index (χ1v) is 7.14. The van der Waals surface area contributed by atoms with Gasteiger partial charge in [-0.1, -0.05) is 58.0 Å². The van der Waals surface area contributed by atoms with Crippen LogP contribution in [0.5, 0.6) is 0 Å². The van der Waals surface area contributed by atoms with Gasteiger partial charge in [-0.2, -0.15) is 0 Å². The van der Waals surface area contributed by atoms with Gasteiger partial charge in [-0.3, -0.25) is 0 Å². The Bertz CT molecular complexity index is 467. The van der Waals surface area contributed by atoms with Crippen LogP contribution in [0.2, 0.25) is 0 Å². The fourth-order valence-corrected chi connectivity index (χ4v) is 1.63. The fraction of sp³-hybridized carbons (Fsp3) is 0.389. The molecule has 2 heteroatoms. The lowest BCUT2D eigenvalue weighted by atomic mass is 10.1. The van der Waals surface area contributed by atoms with Crippen molar-refractivity contribution >= 4 is 12.0 Å². The van der Waals surface area contributed by atoms with Crippen LogP contribution in [0.1, 0.15) is 39.7 Å². The quantitative estimate of drug-likeness (QED) is 0.421. The summed E-state index contributed by atoms with van der Waals surface area (Å²) in [4.78, 5) is 11.8. The molecule has 0 atom stereocenters. The van der Waals surface area contributed by atoms with Crippen molar-refractivity contribution in [2.24, 2.45) is 11.8 Å². The molecule has 0 fully saturated rings. The van der Waals surface area contributed by atoms with E-state index in [0.717, 1.165) is 17.7 Å². The molecule has 0 heterocycles. The molecule has 1 aromatic carbocycles. The van der Waals surface area contributed by atoms with Crippen molar-refractivity contribution in [1.82, 2.24) is 0 Å². The molecule has 0 aliphatic rings. The minimum absolute atomic E-state index is 0.211. The van der Waals surface area contributed by atoms with Crippen LogP contribution in [-0.2, 0) is 9.53 Å². The third-order valence-corrected chi connectivity index (χ3v) is 2.79. The Morgan fingerprint density at radius 2 is 1.80 bits per heavy atom. The molecule has 20 heavy (non-hydrogen) atoms. The Hall–Kier alpha value is -1.83. The summed E-state index contributed by atoms with van der Waals surface area (Å²) in [7, 11) is 0. The molecule has 0 spiro atoms. The van der Waals surface area contributed by atoms with Gasteiger partial charge in [0.25, 0.3) is 0 Å². The Labute approximate surface area is 122 Å². The van der Waals surface area contributed by atoms with E-state index in [1.54, 1.807) is 6.08 Å². The van der Waals surface area contributed by atoms with Gasteiger partial charge in [-0.05, 0) is 30.1 Å². The highest BCUT2D eigenvalue weighted by Crippen LogP contribution is 2.15. The van der Waals surface area contributed by atoms with Crippen LogP contribution in [-0.4, -0.2) is 5.97 Å². The highest BCUT2D eigenvalue weighted by molar-refractivity contribution is 5.87. The van der Waals surface area contributed by atoms with Crippen molar-refractivity contribution in [3.8, 4) is 0 Å². The lowest BCUT2D eigenvalue weighted by Crippen LogP contribution is -2.06. The van der Waals surface area contributed by atoms with Crippen molar-refractivity contribution in [2.45, 2.75) is 34.1 Å². The van der Waals surface area contributed by atoms with Crippen LogP contribution >= 0.6 is 0 Å². The van der Waals surface area contributed by atoms with Crippen molar-refractivity contribution < 1.29 is 9.53 Å². The first kappa shape index (κ1) is 16.2. The Morgan fingerprint density at radius 3 is 2.35 bits per heavy atom. The molecule has 0 bridgehead atoms. The summed E-state index contributed by atoms with van der Waals surface area (Å²) < 4.78 is 5.42. The molecule has 0 saturated heterocycles. The Balaban J connectivity index is 2.63. The zero-order chi connectivity index (χ0) is 15.0. The predicted molar refractivity (Wildman–Crippen MR) is 83.9 cm³/mol. The van der Waals surface area contributed by atoms with E-state index in [0.29, 0.717) is 5.92 Å². The standard InChI is InChI=1S/C18H24O2/c1-14(2)10-12-17(15(3)4)20-18(19)13-11-16-8-6-5-7-9-16/h5-9,11-15H,10H2,1-4H3/b13-11+,17-12+. The number of hydrogen-bond donors (Lipinski definition) is 0. The normalized spacial score (nSPS) is 12.4. The predicted octanol–water partition coefficient (Wildman–Crippen LogP) is 4.83. The topological polar surface area (TPSA) is 26.3 Å². The first-order valence-electron chi connectivity index (χ1n) is 7.14. The summed E-state index contributed by atoms with van der Waals surface area (Å²) >= 11 is 0. The molecular weight excluding hydrogens is 248 g/mol. The lowest BCUT2D eigenvalue weighted by Gasteiger charge is -2.11. The van der Waals surface area contributed by atoms with Gasteiger partial charge in [0, 0.05) is 12.0 Å². The number of carbonyl (C=O) groups is 1. The maximum absolute atomic E-state index is 11.8. The molecule has 2 nitrogen and oxygen atoms in total. The second-order valence-corrected chi connectivity index (χ2v) is 5.56. The lowest BCUT2D eigenvalue weighted by molar-refractivity contribution is -0.134. The van der Waals surface area contributed by atoms with Crippen LogP contribution in [0.15, 0.2) is 48.2 Å². The molecule has 0 aliphatic carbocycles. The number of carbonyl (C=O) groups excluding carboxylic acids is 1. The maximum Gasteiger partial charge on any atom is 0.335 e. The summed E-state index contributed by atoms with van der Waals surface area (Å²) in [5.74, 6) is 1.20. The van der Waals surface area contributed by atoms with E-state index in [-0.39, 0.29) is 11.9 Å². The first-order chi connectivity index (χ1) is 9.49. The minimum Gasteiger partial charge on any atom is -0.428 e. The number of allylic oxidation sites excluding steroid dienone is 2. The minimum atomic E-state index is -0.322. The number of hydrogen-bond acceptors (Lipinski definition) is 2. The van der Waals surface area contributed by atoms with Gasteiger partial charge in [-0.15, -0.1) is 0 Å². The average molecular weight is 272 g/mol. The molecule has 0 amide bonds. The van der Waals surface area contributed by atoms with Crippen LogP contribution in [0.3, 0.4) is 0 Å². The number of esters is 1. The van der Waals surface area contributed by atoms with E-state index in [9.17, 15) is 4.79 Å². The van der Waals surface area contributed by atoms with Crippen LogP contribution < -0.4 is 0 Å². The van der Waals surface area contributed by atoms with Gasteiger partial charge in [0.15, 0.2) is 0 Å².